The maximum Gasteiger partial charge on any atom is 0.145 e. The molecule has 0 aliphatic rings. The summed E-state index contributed by atoms with van der Waals surface area (Å²) in [5.74, 6) is -0.177. The van der Waals surface area contributed by atoms with Gasteiger partial charge in [0.25, 0.3) is 0 Å². The van der Waals surface area contributed by atoms with Crippen LogP contribution in [0.2, 0.25) is 0 Å². The van der Waals surface area contributed by atoms with E-state index in [-0.39, 0.29) is 5.82 Å². The Balaban J connectivity index is 2.79. The third kappa shape index (κ3) is 1.51. The molecule has 0 bridgehead atoms. The smallest absolute Gasteiger partial charge is 0.145 e. The Bertz CT molecular complexity index is 527. The van der Waals surface area contributed by atoms with E-state index in [4.69, 9.17) is 5.26 Å². The number of halogens is 2. The van der Waals surface area contributed by atoms with Gasteiger partial charge in [-0.15, -0.1) is 11.3 Å². The number of nitrogens with zero attached hydrogens (tertiary/aromatic N) is 1. The fraction of sp³-hybridized carbons (Fsp3) is 0.100. The van der Waals surface area contributed by atoms with Crippen LogP contribution < -0.4 is 0 Å². The molecule has 0 atom stereocenters. The SMILES string of the molecule is N#CCc1cc(I)c(F)c2ccsc12. The van der Waals surface area contributed by atoms with Crippen molar-refractivity contribution < 1.29 is 4.39 Å². The largest absolute Gasteiger partial charge is 0.205 e. The average molecular weight is 317 g/mol. The summed E-state index contributed by atoms with van der Waals surface area (Å²) in [4.78, 5) is 0. The highest BCUT2D eigenvalue weighted by Crippen LogP contribution is 2.30. The molecule has 0 amide bonds. The van der Waals surface area contributed by atoms with Gasteiger partial charge in [-0.1, -0.05) is 0 Å². The van der Waals surface area contributed by atoms with Gasteiger partial charge >= 0.3 is 0 Å². The van der Waals surface area contributed by atoms with Crippen LogP contribution in [0, 0.1) is 20.7 Å². The van der Waals surface area contributed by atoms with Crippen LogP contribution in [-0.2, 0) is 6.42 Å². The second-order valence-corrected chi connectivity index (χ2v) is 4.91. The highest BCUT2D eigenvalue weighted by molar-refractivity contribution is 14.1. The Morgan fingerprint density at radius 1 is 1.57 bits per heavy atom. The molecular formula is C10H5FINS. The van der Waals surface area contributed by atoms with Crippen molar-refractivity contribution >= 4 is 44.0 Å². The lowest BCUT2D eigenvalue weighted by Crippen LogP contribution is -1.88. The van der Waals surface area contributed by atoms with Gasteiger partial charge in [0.15, 0.2) is 0 Å². The van der Waals surface area contributed by atoms with Crippen molar-refractivity contribution in [3.8, 4) is 6.07 Å². The zero-order chi connectivity index (χ0) is 10.1. The Hall–Kier alpha value is -0.670. The molecule has 2 aromatic rings. The van der Waals surface area contributed by atoms with Crippen LogP contribution in [0.3, 0.4) is 0 Å². The highest BCUT2D eigenvalue weighted by Gasteiger charge is 2.10. The first-order valence-corrected chi connectivity index (χ1v) is 5.91. The highest BCUT2D eigenvalue weighted by atomic mass is 127. The molecule has 0 saturated heterocycles. The third-order valence-corrected chi connectivity index (χ3v) is 3.75. The van der Waals surface area contributed by atoms with E-state index < -0.39 is 0 Å². The second-order valence-electron chi connectivity index (χ2n) is 2.83. The van der Waals surface area contributed by atoms with Crippen molar-refractivity contribution in [1.29, 1.82) is 5.26 Å². The monoisotopic (exact) mass is 317 g/mol. The van der Waals surface area contributed by atoms with Gasteiger partial charge in [-0.05, 0) is 45.7 Å². The molecule has 0 unspecified atom stereocenters. The summed E-state index contributed by atoms with van der Waals surface area (Å²) in [5.41, 5.74) is 0.920. The van der Waals surface area contributed by atoms with E-state index in [2.05, 4.69) is 6.07 Å². The molecule has 0 aliphatic heterocycles. The lowest BCUT2D eigenvalue weighted by atomic mass is 10.1. The van der Waals surface area contributed by atoms with E-state index >= 15 is 0 Å². The maximum atomic E-state index is 13.6. The molecule has 1 aromatic heterocycles. The zero-order valence-electron chi connectivity index (χ0n) is 7.05. The molecule has 1 nitrogen and oxygen atoms in total. The fourth-order valence-corrected chi connectivity index (χ4v) is 2.93. The van der Waals surface area contributed by atoms with E-state index in [1.54, 1.807) is 12.1 Å². The molecule has 4 heteroatoms. The number of rotatable bonds is 1. The van der Waals surface area contributed by atoms with E-state index in [1.165, 1.54) is 11.3 Å². The minimum Gasteiger partial charge on any atom is -0.205 e. The molecule has 0 spiro atoms. The van der Waals surface area contributed by atoms with E-state index in [0.717, 1.165) is 10.3 Å². The van der Waals surface area contributed by atoms with E-state index in [9.17, 15) is 4.39 Å². The first-order chi connectivity index (χ1) is 6.74. The topological polar surface area (TPSA) is 23.8 Å². The summed E-state index contributed by atoms with van der Waals surface area (Å²) in [6.07, 6.45) is 0.341. The molecule has 0 fully saturated rings. The standard InChI is InChI=1S/C10H5FINS/c11-9-7-2-4-14-10(7)6(1-3-13)5-8(9)12/h2,4-5H,1H2. The number of fused-ring (bicyclic) bond motifs is 1. The van der Waals surface area contributed by atoms with Gasteiger partial charge in [-0.3, -0.25) is 0 Å². The average Bonchev–Trinajstić information content (AvgIpc) is 2.63. The van der Waals surface area contributed by atoms with Crippen molar-refractivity contribution in [3.05, 3.63) is 32.5 Å². The Kier molecular flexibility index (Phi) is 2.70. The number of hydrogen-bond donors (Lipinski definition) is 0. The summed E-state index contributed by atoms with van der Waals surface area (Å²) in [7, 11) is 0. The van der Waals surface area contributed by atoms with E-state index in [1.807, 2.05) is 28.0 Å². The summed E-state index contributed by atoms with van der Waals surface area (Å²) in [5, 5.41) is 11.1. The quantitative estimate of drug-likeness (QED) is 0.736. The van der Waals surface area contributed by atoms with Gasteiger partial charge in [0.05, 0.1) is 12.5 Å². The van der Waals surface area contributed by atoms with Crippen LogP contribution in [0.5, 0.6) is 0 Å². The van der Waals surface area contributed by atoms with E-state index in [0.29, 0.717) is 15.4 Å². The molecule has 0 aliphatic carbocycles. The number of thiophene rings is 1. The lowest BCUT2D eigenvalue weighted by molar-refractivity contribution is 0.632. The van der Waals surface area contributed by atoms with Crippen molar-refractivity contribution in [2.75, 3.05) is 0 Å². The van der Waals surface area contributed by atoms with Crippen LogP contribution in [-0.4, -0.2) is 0 Å². The molecule has 14 heavy (non-hydrogen) atoms. The van der Waals surface area contributed by atoms with Crippen LogP contribution in [0.25, 0.3) is 10.1 Å². The number of benzene rings is 1. The zero-order valence-corrected chi connectivity index (χ0v) is 10.0. The molecule has 2 rings (SSSR count). The normalized spacial score (nSPS) is 10.4. The van der Waals surface area contributed by atoms with Gasteiger partial charge in [0.1, 0.15) is 5.82 Å². The number of hydrogen-bond acceptors (Lipinski definition) is 2. The van der Waals surface area contributed by atoms with Crippen LogP contribution in [0.4, 0.5) is 4.39 Å². The first kappa shape index (κ1) is 9.87. The van der Waals surface area contributed by atoms with Gasteiger partial charge in [0.2, 0.25) is 0 Å². The Morgan fingerprint density at radius 2 is 2.36 bits per heavy atom. The van der Waals surface area contributed by atoms with Crippen molar-refractivity contribution in [3.63, 3.8) is 0 Å². The van der Waals surface area contributed by atoms with Crippen molar-refractivity contribution in [2.45, 2.75) is 6.42 Å². The summed E-state index contributed by atoms with van der Waals surface area (Å²) in [6.45, 7) is 0. The lowest BCUT2D eigenvalue weighted by Gasteiger charge is -2.01. The second kappa shape index (κ2) is 3.83. The fourth-order valence-electron chi connectivity index (χ4n) is 1.36. The van der Waals surface area contributed by atoms with Gasteiger partial charge < -0.3 is 0 Å². The van der Waals surface area contributed by atoms with Crippen LogP contribution >= 0.6 is 33.9 Å². The molecule has 1 heterocycles. The predicted octanol–water partition coefficient (Wildman–Crippen LogP) is 3.71. The van der Waals surface area contributed by atoms with Crippen LogP contribution in [0.1, 0.15) is 5.56 Å². The third-order valence-electron chi connectivity index (χ3n) is 1.97. The summed E-state index contributed by atoms with van der Waals surface area (Å²) in [6, 6.07) is 5.60. The maximum absolute atomic E-state index is 13.6. The minimum atomic E-state index is -0.177. The molecule has 0 radical (unpaired) electrons. The van der Waals surface area contributed by atoms with Gasteiger partial charge in [-0.2, -0.15) is 5.26 Å². The number of nitriles is 1. The van der Waals surface area contributed by atoms with Crippen molar-refractivity contribution in [1.82, 2.24) is 0 Å². The molecular weight excluding hydrogens is 312 g/mol. The Labute approximate surface area is 98.3 Å². The van der Waals surface area contributed by atoms with Gasteiger partial charge in [-0.25, -0.2) is 4.39 Å². The first-order valence-electron chi connectivity index (χ1n) is 3.95. The Morgan fingerprint density at radius 3 is 3.07 bits per heavy atom. The summed E-state index contributed by atoms with van der Waals surface area (Å²) >= 11 is 3.44. The van der Waals surface area contributed by atoms with Gasteiger partial charge in [0, 0.05) is 13.7 Å². The molecule has 1 aromatic carbocycles. The summed E-state index contributed by atoms with van der Waals surface area (Å²) < 4.78 is 15.0. The predicted molar refractivity (Wildman–Crippen MR) is 63.8 cm³/mol. The van der Waals surface area contributed by atoms with Crippen LogP contribution in [0.15, 0.2) is 17.5 Å². The molecule has 0 N–H and O–H groups in total. The molecule has 70 valence electrons. The molecule has 0 saturated carbocycles. The minimum absolute atomic E-state index is 0.177. The van der Waals surface area contributed by atoms with Crippen molar-refractivity contribution in [2.24, 2.45) is 0 Å².